The summed E-state index contributed by atoms with van der Waals surface area (Å²) in [7, 11) is 0. The molecule has 5 aliphatic heterocycles. The molecule has 0 bridgehead atoms. The maximum atomic E-state index is 13.4. The molecule has 6 saturated carbocycles. The Labute approximate surface area is 779 Å². The van der Waals surface area contributed by atoms with E-state index in [0.29, 0.717) is 133 Å². The van der Waals surface area contributed by atoms with Gasteiger partial charge in [-0.25, -0.2) is 28.8 Å². The minimum Gasteiger partial charge on any atom is -0.444 e. The zero-order valence-electron chi connectivity index (χ0n) is 81.1. The molecule has 16 rings (SSSR count). The number of carbonyl (C=O) groups excluding carboxylic acids is 6. The molecule has 6 atom stereocenters. The summed E-state index contributed by atoms with van der Waals surface area (Å²) in [4.78, 5) is 101. The number of nitrogens with one attached hydrogen (secondary N) is 3. The van der Waals surface area contributed by atoms with Gasteiger partial charge in [-0.2, -0.15) is 20.5 Å². The maximum absolute atomic E-state index is 13.4. The lowest BCUT2D eigenvalue weighted by atomic mass is 10.0. The van der Waals surface area contributed by atoms with Crippen LogP contribution in [0.3, 0.4) is 0 Å². The Morgan fingerprint density at radius 3 is 1.11 bits per heavy atom. The monoisotopic (exact) mass is 1830 g/mol. The first-order chi connectivity index (χ1) is 62.3. The second kappa shape index (κ2) is 43.3. The van der Waals surface area contributed by atoms with Crippen LogP contribution in [0.1, 0.15) is 229 Å². The van der Waals surface area contributed by atoms with Gasteiger partial charge in [-0.05, 0) is 199 Å². The molecule has 36 heteroatoms. The van der Waals surface area contributed by atoms with E-state index in [1.54, 1.807) is 34.3 Å². The number of nitrogens with zero attached hydrogens (tertiary/aromatic N) is 17. The van der Waals surface area contributed by atoms with Gasteiger partial charge in [0.05, 0.1) is 5.41 Å². The molecule has 36 nitrogen and oxygen atoms in total. The maximum Gasteiger partial charge on any atom is 0.410 e. The first-order valence-electron chi connectivity index (χ1n) is 46.9. The molecule has 11 aliphatic rings. The van der Waals surface area contributed by atoms with Gasteiger partial charge in [0.25, 0.3) is 0 Å². The van der Waals surface area contributed by atoms with Crippen LogP contribution in [-0.2, 0) is 39.3 Å². The second-order valence-corrected chi connectivity index (χ2v) is 42.2. The van der Waals surface area contributed by atoms with Gasteiger partial charge < -0.3 is 113 Å². The van der Waals surface area contributed by atoms with Gasteiger partial charge in [0.15, 0.2) is 24.0 Å². The molecule has 132 heavy (non-hydrogen) atoms. The van der Waals surface area contributed by atoms with Crippen LogP contribution < -0.4 is 31.5 Å². The third-order valence-corrected chi connectivity index (χ3v) is 24.2. The molecular formula is C96H145N21O15. The van der Waals surface area contributed by atoms with Gasteiger partial charge in [0.1, 0.15) is 39.4 Å². The number of benzene rings is 3. The lowest BCUT2D eigenvalue weighted by molar-refractivity contribution is 0.0171. The summed E-state index contributed by atoms with van der Waals surface area (Å²) in [6.45, 7) is 49.3. The highest BCUT2D eigenvalue weighted by molar-refractivity contribution is 5.89. The highest BCUT2D eigenvalue weighted by atomic mass is 16.6. The van der Waals surface area contributed by atoms with Crippen molar-refractivity contribution in [2.75, 3.05) is 160 Å². The van der Waals surface area contributed by atoms with Crippen molar-refractivity contribution in [1.82, 2.24) is 75.4 Å². The topological polar surface area (TPSA) is 410 Å². The van der Waals surface area contributed by atoms with Gasteiger partial charge in [-0.3, -0.25) is 0 Å². The number of hydrogen-bond donors (Lipinski definition) is 5. The number of piperazine rings is 5. The molecule has 7 heterocycles. The minimum absolute atomic E-state index is 0.0898. The Balaban J connectivity index is 0.000000160. The number of nitriles is 2. The van der Waals surface area contributed by atoms with Gasteiger partial charge in [0.2, 0.25) is 0 Å². The Kier molecular flexibility index (Phi) is 33.3. The molecule has 11 fully saturated rings. The number of oxime groups is 1. The van der Waals surface area contributed by atoms with Gasteiger partial charge in [-0.15, -0.1) is 0 Å². The summed E-state index contributed by atoms with van der Waals surface area (Å²) in [6, 6.07) is 33.3. The van der Waals surface area contributed by atoms with E-state index in [2.05, 4.69) is 103 Å². The standard InChI is InChI=1S/C29H41N5O5.C19H25N5O.C19H27N3O3.2C10H17N3O2.C9H18N2O2/c1-27(2,3)37-25(35)33-16-14-32(15-17-33)24-30-23(31-39-24)29(12-13-29)19-34(26(36)38-28(4,5)6)22-18-21(22)20-10-8-7-9-11-20;1-2-4-14(5-3-1)15-12-16(15)21-13-19(6-7-19)17-22-18(25-23-17)24-10-8-20-9-11-24;1-18(2,3)25-17(23)22(12-19(9-10-19)16(20)21-24)15-11-14(15)13-7-5-4-6-8-13;2*1-10(2,3)15-9(14)13-6-4-12(8-11)5-7-13;1-9(2,3)13-8(12)11-6-4-10-5-7-11/h7-11,21-22H,12-19H2,1-6H3;1-5,15-16,20-21H,6-13H2;4-8,14-15,24H,9-12H2,1-3H3,(H2,20,21);2*4-7H2,1-3H3;10H,4-7H2,1-3H3/t21-,22+;15-,16+;14-,15+;;;/m000.../s1. The van der Waals surface area contributed by atoms with Crippen LogP contribution in [0, 0.1) is 28.3 Å². The number of aromatic nitrogens is 4. The molecule has 6 amide bonds. The Hall–Kier alpha value is -11.1. The van der Waals surface area contributed by atoms with Gasteiger partial charge in [-0.1, -0.05) is 106 Å². The van der Waals surface area contributed by atoms with Crippen LogP contribution in [-0.4, -0.2) is 309 Å². The zero-order valence-corrected chi connectivity index (χ0v) is 81.1. The van der Waals surface area contributed by atoms with Crippen LogP contribution in [0.25, 0.3) is 0 Å². The fourth-order valence-corrected chi connectivity index (χ4v) is 16.1. The van der Waals surface area contributed by atoms with Crippen LogP contribution in [0.4, 0.5) is 40.8 Å². The van der Waals surface area contributed by atoms with E-state index in [4.69, 9.17) is 68.9 Å². The normalized spacial score (nSPS) is 22.1. The Morgan fingerprint density at radius 1 is 0.447 bits per heavy atom. The summed E-state index contributed by atoms with van der Waals surface area (Å²) < 4.78 is 43.9. The zero-order chi connectivity index (χ0) is 95.8. The van der Waals surface area contributed by atoms with Crippen LogP contribution >= 0.6 is 0 Å². The van der Waals surface area contributed by atoms with E-state index >= 15 is 0 Å². The summed E-state index contributed by atoms with van der Waals surface area (Å²) in [6.07, 6.45) is 11.2. The Morgan fingerprint density at radius 2 is 0.773 bits per heavy atom. The average Bonchev–Trinajstić information content (AvgIpc) is 1.58. The smallest absolute Gasteiger partial charge is 0.410 e. The summed E-state index contributed by atoms with van der Waals surface area (Å²) in [5, 5.41) is 48.5. The van der Waals surface area contributed by atoms with E-state index in [1.807, 2.05) is 171 Å². The number of rotatable bonds is 17. The van der Waals surface area contributed by atoms with Crippen LogP contribution in [0.2, 0.25) is 0 Å². The second-order valence-electron chi connectivity index (χ2n) is 42.2. The summed E-state index contributed by atoms with van der Waals surface area (Å²) >= 11 is 0. The fraction of sp³-hybridized carbons (Fsp3) is 0.677. The van der Waals surface area contributed by atoms with Crippen molar-refractivity contribution in [1.29, 1.82) is 10.5 Å². The van der Waals surface area contributed by atoms with Crippen molar-refractivity contribution < 1.29 is 71.4 Å². The quantitative estimate of drug-likeness (QED) is 0.0144. The molecule has 0 radical (unpaired) electrons. The fourth-order valence-electron chi connectivity index (χ4n) is 16.1. The molecule has 3 aromatic carbocycles. The van der Waals surface area contributed by atoms with Crippen molar-refractivity contribution in [3.05, 3.63) is 119 Å². The summed E-state index contributed by atoms with van der Waals surface area (Å²) in [5.41, 5.74) is 6.20. The largest absolute Gasteiger partial charge is 0.444 e. The minimum atomic E-state index is -0.579. The molecular weight excluding hydrogens is 1690 g/mol. The molecule has 5 aromatic rings. The Bertz CT molecular complexity index is 4630. The number of anilines is 2. The first kappa shape index (κ1) is 101. The van der Waals surface area contributed by atoms with Crippen LogP contribution in [0.15, 0.2) is 105 Å². The van der Waals surface area contributed by atoms with Crippen LogP contribution in [0.5, 0.6) is 0 Å². The van der Waals surface area contributed by atoms with Crippen molar-refractivity contribution in [3.63, 3.8) is 0 Å². The molecule has 724 valence electrons. The molecule has 6 N–H and O–H groups in total. The molecule has 5 saturated heterocycles. The third-order valence-electron chi connectivity index (χ3n) is 24.2. The van der Waals surface area contributed by atoms with E-state index in [9.17, 15) is 28.8 Å². The van der Waals surface area contributed by atoms with E-state index in [0.717, 1.165) is 116 Å². The van der Waals surface area contributed by atoms with Crippen molar-refractivity contribution in [2.45, 2.75) is 263 Å². The number of amidine groups is 1. The van der Waals surface area contributed by atoms with Crippen molar-refractivity contribution in [2.24, 2.45) is 16.3 Å². The summed E-state index contributed by atoms with van der Waals surface area (Å²) in [5.74, 6) is 3.02. The number of nitrogens with two attached hydrogens (primary N) is 1. The lowest BCUT2D eigenvalue weighted by Crippen LogP contribution is -2.50. The molecule has 0 unspecified atom stereocenters. The van der Waals surface area contributed by atoms with Crippen molar-refractivity contribution >= 4 is 54.4 Å². The number of amides is 6. The van der Waals surface area contributed by atoms with Gasteiger partial charge >= 0.3 is 48.6 Å². The lowest BCUT2D eigenvalue weighted by Gasteiger charge is -2.34. The van der Waals surface area contributed by atoms with Gasteiger partial charge in [0, 0.05) is 197 Å². The van der Waals surface area contributed by atoms with E-state index in [1.165, 1.54) is 23.1 Å². The molecule has 6 aliphatic carbocycles. The highest BCUT2D eigenvalue weighted by Gasteiger charge is 2.57. The SMILES string of the molecule is CC(C)(C)OC(=O)N(CC1(C(N)=NO)CC1)[C@@H]1C[C@H]1c1ccccc1.CC(C)(C)OC(=O)N1CCN(C#N)CC1.CC(C)(C)OC(=O)N1CCN(C#N)CC1.CC(C)(C)OC(=O)N1CCN(c2nc(C3(CN(C(=O)OC(C)(C)C)[C@@H]4C[C@H]4c4ccccc4)CC3)no2)CC1.CC(C)(C)OC(=O)N1CCNCC1.c1ccc([C@@H]2C[C@H]2NCC2(c3noc(N4CCNCC4)n3)CC2)cc1. The average molecular weight is 1830 g/mol. The third kappa shape index (κ3) is 30.7. The van der Waals surface area contributed by atoms with E-state index < -0.39 is 33.4 Å². The molecule has 2 aromatic heterocycles. The van der Waals surface area contributed by atoms with Crippen molar-refractivity contribution in [3.8, 4) is 12.4 Å². The predicted octanol–water partition coefficient (Wildman–Crippen LogP) is 12.8. The predicted molar refractivity (Wildman–Crippen MR) is 498 cm³/mol. The number of carbonyl (C=O) groups is 6. The van der Waals surface area contributed by atoms with E-state index in [-0.39, 0.29) is 70.9 Å². The highest BCUT2D eigenvalue weighted by Crippen LogP contribution is 2.54. The number of ether oxygens (including phenoxy) is 6. The number of hydrogen-bond acceptors (Lipinski definition) is 29. The first-order valence-corrected chi connectivity index (χ1v) is 46.9. The molecule has 0 spiro atoms.